The molecule has 0 aliphatic carbocycles. The van der Waals surface area contributed by atoms with Crippen LogP contribution in [0.2, 0.25) is 0 Å². The molecule has 1 aliphatic rings. The van der Waals surface area contributed by atoms with Crippen LogP contribution in [-0.4, -0.2) is 29.1 Å². The summed E-state index contributed by atoms with van der Waals surface area (Å²) in [6.45, 7) is 2.24. The van der Waals surface area contributed by atoms with E-state index in [1.54, 1.807) is 6.07 Å². The normalized spacial score (nSPS) is 15.5. The Balaban J connectivity index is 1.89. The number of pyridine rings is 1. The number of anilines is 1. The lowest BCUT2D eigenvalue weighted by Gasteiger charge is -2.29. The summed E-state index contributed by atoms with van der Waals surface area (Å²) in [6.07, 6.45) is 3.82. The van der Waals surface area contributed by atoms with Crippen molar-refractivity contribution in [1.29, 1.82) is 0 Å². The number of fused-ring (bicyclic) bond motifs is 1. The first-order valence-corrected chi connectivity index (χ1v) is 7.09. The van der Waals surface area contributed by atoms with E-state index in [0.717, 1.165) is 24.0 Å². The summed E-state index contributed by atoms with van der Waals surface area (Å²) >= 11 is 0. The van der Waals surface area contributed by atoms with Crippen LogP contribution in [0.1, 0.15) is 25.0 Å². The van der Waals surface area contributed by atoms with E-state index in [1.807, 2.05) is 12.1 Å². The number of aliphatic carboxylic acids is 1. The maximum Gasteiger partial charge on any atom is 0.309 e. The minimum absolute atomic E-state index is 0.0240. The van der Waals surface area contributed by atoms with Gasteiger partial charge in [-0.2, -0.15) is 0 Å². The second kappa shape index (κ2) is 5.49. The van der Waals surface area contributed by atoms with Crippen molar-refractivity contribution in [2.75, 3.05) is 18.0 Å². The van der Waals surface area contributed by atoms with Gasteiger partial charge in [0.15, 0.2) is 0 Å². The first-order valence-electron chi connectivity index (χ1n) is 7.09. The number of carbonyl (C=O) groups is 1. The average molecular weight is 270 g/mol. The molecule has 4 nitrogen and oxygen atoms in total. The Morgan fingerprint density at radius 3 is 2.70 bits per heavy atom. The number of nitrogens with zero attached hydrogens (tertiary/aromatic N) is 2. The van der Waals surface area contributed by atoms with Crippen LogP contribution in [0.15, 0.2) is 30.3 Å². The third kappa shape index (κ3) is 2.74. The molecular formula is C16H18N2O2. The molecule has 4 heteroatoms. The van der Waals surface area contributed by atoms with E-state index in [-0.39, 0.29) is 6.42 Å². The largest absolute Gasteiger partial charge is 0.481 e. The number of benzene rings is 1. The van der Waals surface area contributed by atoms with Gasteiger partial charge in [0.25, 0.3) is 0 Å². The first-order chi connectivity index (χ1) is 9.72. The van der Waals surface area contributed by atoms with Crippen LogP contribution in [-0.2, 0) is 11.2 Å². The third-order valence-corrected chi connectivity index (χ3v) is 3.78. The standard InChI is InChI=1S/C16H18N2O2/c19-16(20)11-13-5-4-12-10-14(6-7-15(12)17-13)18-8-2-1-3-9-18/h4-7,10H,1-3,8-9,11H2,(H,19,20). The van der Waals surface area contributed by atoms with Crippen molar-refractivity contribution >= 4 is 22.6 Å². The van der Waals surface area contributed by atoms with Crippen molar-refractivity contribution in [1.82, 2.24) is 4.98 Å². The van der Waals surface area contributed by atoms with Gasteiger partial charge in [-0.15, -0.1) is 0 Å². The van der Waals surface area contributed by atoms with Crippen molar-refractivity contribution in [2.45, 2.75) is 25.7 Å². The Morgan fingerprint density at radius 1 is 1.15 bits per heavy atom. The van der Waals surface area contributed by atoms with E-state index in [4.69, 9.17) is 5.11 Å². The van der Waals surface area contributed by atoms with Gasteiger partial charge in [0.05, 0.1) is 17.6 Å². The zero-order valence-corrected chi connectivity index (χ0v) is 11.4. The highest BCUT2D eigenvalue weighted by Crippen LogP contribution is 2.24. The summed E-state index contributed by atoms with van der Waals surface area (Å²) < 4.78 is 0. The molecule has 0 bridgehead atoms. The molecule has 1 aromatic carbocycles. The second-order valence-electron chi connectivity index (χ2n) is 5.30. The molecular weight excluding hydrogens is 252 g/mol. The van der Waals surface area contributed by atoms with E-state index in [9.17, 15) is 4.79 Å². The number of rotatable bonds is 3. The molecule has 1 aromatic heterocycles. The van der Waals surface area contributed by atoms with Gasteiger partial charge in [0.1, 0.15) is 0 Å². The summed E-state index contributed by atoms with van der Waals surface area (Å²) in [5.41, 5.74) is 2.71. The van der Waals surface area contributed by atoms with Crippen molar-refractivity contribution in [2.24, 2.45) is 0 Å². The zero-order chi connectivity index (χ0) is 13.9. The van der Waals surface area contributed by atoms with Gasteiger partial charge in [0.2, 0.25) is 0 Å². The molecule has 1 aliphatic heterocycles. The van der Waals surface area contributed by atoms with Crippen LogP contribution >= 0.6 is 0 Å². The Kier molecular flexibility index (Phi) is 3.54. The van der Waals surface area contributed by atoms with E-state index < -0.39 is 5.97 Å². The molecule has 3 rings (SSSR count). The third-order valence-electron chi connectivity index (χ3n) is 3.78. The molecule has 2 heterocycles. The van der Waals surface area contributed by atoms with Gasteiger partial charge in [0, 0.05) is 24.2 Å². The molecule has 1 saturated heterocycles. The number of piperidine rings is 1. The lowest BCUT2D eigenvalue weighted by molar-refractivity contribution is -0.136. The van der Waals surface area contributed by atoms with Crippen LogP contribution in [0.4, 0.5) is 5.69 Å². The molecule has 0 radical (unpaired) electrons. The van der Waals surface area contributed by atoms with Crippen LogP contribution in [0.25, 0.3) is 10.9 Å². The summed E-state index contributed by atoms with van der Waals surface area (Å²) in [6, 6.07) is 10.00. The summed E-state index contributed by atoms with van der Waals surface area (Å²) in [4.78, 5) is 17.5. The minimum Gasteiger partial charge on any atom is -0.481 e. The summed E-state index contributed by atoms with van der Waals surface area (Å²) in [5, 5.41) is 9.88. The monoisotopic (exact) mass is 270 g/mol. The fraction of sp³-hybridized carbons (Fsp3) is 0.375. The SMILES string of the molecule is O=C(O)Cc1ccc2cc(N3CCCCC3)ccc2n1. The highest BCUT2D eigenvalue weighted by molar-refractivity contribution is 5.83. The minimum atomic E-state index is -0.846. The lowest BCUT2D eigenvalue weighted by Crippen LogP contribution is -2.29. The molecule has 0 amide bonds. The van der Waals surface area contributed by atoms with E-state index in [0.29, 0.717) is 5.69 Å². The molecule has 0 atom stereocenters. The van der Waals surface area contributed by atoms with Crippen molar-refractivity contribution in [3.63, 3.8) is 0 Å². The maximum absolute atomic E-state index is 10.7. The van der Waals surface area contributed by atoms with Crippen LogP contribution in [0, 0.1) is 0 Å². The fourth-order valence-electron chi connectivity index (χ4n) is 2.76. The fourth-order valence-corrected chi connectivity index (χ4v) is 2.76. The quantitative estimate of drug-likeness (QED) is 0.931. The van der Waals surface area contributed by atoms with Crippen molar-refractivity contribution in [3.05, 3.63) is 36.0 Å². The van der Waals surface area contributed by atoms with Crippen LogP contribution in [0.3, 0.4) is 0 Å². The lowest BCUT2D eigenvalue weighted by atomic mass is 10.1. The van der Waals surface area contributed by atoms with Gasteiger partial charge in [-0.1, -0.05) is 6.07 Å². The number of carboxylic acids is 1. The Morgan fingerprint density at radius 2 is 1.95 bits per heavy atom. The topological polar surface area (TPSA) is 53.4 Å². The molecule has 0 unspecified atom stereocenters. The molecule has 104 valence electrons. The van der Waals surface area contributed by atoms with E-state index >= 15 is 0 Å². The molecule has 1 N–H and O–H groups in total. The highest BCUT2D eigenvalue weighted by Gasteiger charge is 2.11. The highest BCUT2D eigenvalue weighted by atomic mass is 16.4. The molecule has 20 heavy (non-hydrogen) atoms. The average Bonchev–Trinajstić information content (AvgIpc) is 2.47. The Labute approximate surface area is 118 Å². The van der Waals surface area contributed by atoms with Gasteiger partial charge in [-0.05, 0) is 43.5 Å². The smallest absolute Gasteiger partial charge is 0.309 e. The summed E-state index contributed by atoms with van der Waals surface area (Å²) in [7, 11) is 0. The predicted molar refractivity (Wildman–Crippen MR) is 79.1 cm³/mol. The molecule has 1 fully saturated rings. The van der Waals surface area contributed by atoms with Crippen LogP contribution < -0.4 is 4.90 Å². The number of carboxylic acid groups (broad SMARTS) is 1. The van der Waals surface area contributed by atoms with Gasteiger partial charge in [-0.3, -0.25) is 9.78 Å². The van der Waals surface area contributed by atoms with Crippen molar-refractivity contribution < 1.29 is 9.90 Å². The van der Waals surface area contributed by atoms with Gasteiger partial charge >= 0.3 is 5.97 Å². The van der Waals surface area contributed by atoms with E-state index in [1.165, 1.54) is 24.9 Å². The summed E-state index contributed by atoms with van der Waals surface area (Å²) in [5.74, 6) is -0.846. The predicted octanol–water partition coefficient (Wildman–Crippen LogP) is 2.85. The zero-order valence-electron chi connectivity index (χ0n) is 11.4. The van der Waals surface area contributed by atoms with Gasteiger partial charge < -0.3 is 10.0 Å². The van der Waals surface area contributed by atoms with Crippen LogP contribution in [0.5, 0.6) is 0 Å². The van der Waals surface area contributed by atoms with Crippen molar-refractivity contribution in [3.8, 4) is 0 Å². The number of hydrogen-bond donors (Lipinski definition) is 1. The Bertz CT molecular complexity index is 633. The molecule has 0 spiro atoms. The van der Waals surface area contributed by atoms with E-state index in [2.05, 4.69) is 22.0 Å². The first kappa shape index (κ1) is 12.9. The number of aromatic nitrogens is 1. The molecule has 2 aromatic rings. The second-order valence-corrected chi connectivity index (χ2v) is 5.30. The number of hydrogen-bond acceptors (Lipinski definition) is 3. The van der Waals surface area contributed by atoms with Gasteiger partial charge in [-0.25, -0.2) is 0 Å². The maximum atomic E-state index is 10.7. The molecule has 0 saturated carbocycles. The Hall–Kier alpha value is -2.10.